The summed E-state index contributed by atoms with van der Waals surface area (Å²) < 4.78 is 11.9. The topological polar surface area (TPSA) is 75.7 Å². The number of morpholine rings is 1. The van der Waals surface area contributed by atoms with E-state index >= 15 is 0 Å². The minimum Gasteiger partial charge on any atom is -0.474 e. The molecule has 0 atom stereocenters. The number of urea groups is 1. The highest BCUT2D eigenvalue weighted by Gasteiger charge is 2.25. The van der Waals surface area contributed by atoms with Gasteiger partial charge in [0.1, 0.15) is 11.9 Å². The van der Waals surface area contributed by atoms with Gasteiger partial charge in [0.05, 0.1) is 13.2 Å². The molecule has 2 aromatic carbocycles. The van der Waals surface area contributed by atoms with Gasteiger partial charge >= 0.3 is 6.03 Å². The number of aromatic nitrogens is 1. The van der Waals surface area contributed by atoms with Gasteiger partial charge in [-0.05, 0) is 55.3 Å². The second-order valence-electron chi connectivity index (χ2n) is 8.66. The highest BCUT2D eigenvalue weighted by molar-refractivity contribution is 5.90. The zero-order valence-electron chi connectivity index (χ0n) is 18.7. The lowest BCUT2D eigenvalue weighted by molar-refractivity contribution is 0.121. The van der Waals surface area contributed by atoms with Crippen molar-refractivity contribution in [2.45, 2.75) is 37.8 Å². The highest BCUT2D eigenvalue weighted by Crippen LogP contribution is 2.31. The summed E-state index contributed by atoms with van der Waals surface area (Å²) in [4.78, 5) is 19.5. The predicted molar refractivity (Wildman–Crippen MR) is 130 cm³/mol. The Balaban J connectivity index is 1.21. The number of anilines is 2. The van der Waals surface area contributed by atoms with Crippen molar-refractivity contribution in [3.8, 4) is 5.88 Å². The molecule has 0 spiro atoms. The molecule has 2 fully saturated rings. The molecule has 1 aliphatic carbocycles. The third-order valence-corrected chi connectivity index (χ3v) is 6.35. The van der Waals surface area contributed by atoms with Gasteiger partial charge in [-0.1, -0.05) is 36.4 Å². The molecule has 2 heterocycles. The van der Waals surface area contributed by atoms with Gasteiger partial charge in [0, 0.05) is 30.2 Å². The number of carbonyl (C=O) groups excluding carboxylic acids is 1. The molecule has 1 saturated heterocycles. The molecule has 1 saturated carbocycles. The monoisotopic (exact) mass is 446 g/mol. The van der Waals surface area contributed by atoms with Crippen LogP contribution in [0.15, 0.2) is 60.7 Å². The first-order valence-corrected chi connectivity index (χ1v) is 11.8. The first kappa shape index (κ1) is 21.5. The van der Waals surface area contributed by atoms with Crippen LogP contribution in [0, 0.1) is 0 Å². The Morgan fingerprint density at radius 1 is 0.970 bits per heavy atom. The minimum absolute atomic E-state index is 0.0936. The quantitative estimate of drug-likeness (QED) is 0.600. The molecule has 33 heavy (non-hydrogen) atoms. The fourth-order valence-corrected chi connectivity index (χ4v) is 4.55. The van der Waals surface area contributed by atoms with Crippen molar-refractivity contribution < 1.29 is 14.3 Å². The third kappa shape index (κ3) is 5.37. The Bertz CT molecular complexity index is 1080. The molecule has 2 amide bonds. The van der Waals surface area contributed by atoms with Crippen molar-refractivity contribution in [1.82, 2.24) is 10.3 Å². The van der Waals surface area contributed by atoms with Crippen LogP contribution in [0.1, 0.15) is 25.7 Å². The average Bonchev–Trinajstić information content (AvgIpc) is 2.86. The molecule has 1 aromatic heterocycles. The van der Waals surface area contributed by atoms with E-state index < -0.39 is 0 Å². The van der Waals surface area contributed by atoms with Crippen molar-refractivity contribution in [3.05, 3.63) is 60.7 Å². The van der Waals surface area contributed by atoms with Gasteiger partial charge in [-0.2, -0.15) is 4.98 Å². The summed E-state index contributed by atoms with van der Waals surface area (Å²) in [6.07, 6.45) is 3.63. The van der Waals surface area contributed by atoms with Crippen LogP contribution in [-0.2, 0) is 4.74 Å². The summed E-state index contributed by atoms with van der Waals surface area (Å²) in [6, 6.07) is 19.9. The van der Waals surface area contributed by atoms with Gasteiger partial charge in [0.25, 0.3) is 0 Å². The van der Waals surface area contributed by atoms with Gasteiger partial charge in [0.2, 0.25) is 5.88 Å². The van der Waals surface area contributed by atoms with Crippen LogP contribution in [0.4, 0.5) is 16.3 Å². The summed E-state index contributed by atoms with van der Waals surface area (Å²) in [5, 5.41) is 8.16. The number of fused-ring (bicyclic) bond motifs is 1. The average molecular weight is 447 g/mol. The molecular formula is C26H30N4O3. The molecule has 0 bridgehead atoms. The number of rotatable bonds is 5. The molecule has 5 rings (SSSR count). The number of pyridine rings is 1. The first-order chi connectivity index (χ1) is 16.2. The Kier molecular flexibility index (Phi) is 6.58. The van der Waals surface area contributed by atoms with E-state index in [4.69, 9.17) is 14.5 Å². The van der Waals surface area contributed by atoms with Gasteiger partial charge in [-0.25, -0.2) is 4.79 Å². The summed E-state index contributed by atoms with van der Waals surface area (Å²) in [7, 11) is 0. The lowest BCUT2D eigenvalue weighted by Gasteiger charge is -2.31. The number of para-hydroxylation sites is 1. The number of ether oxygens (including phenoxy) is 2. The SMILES string of the molecule is O=C(Nc1ccccc1)NC1CCC(Oc2nc(N3CCOCC3)cc3ccccc23)CC1. The molecule has 1 aliphatic heterocycles. The van der Waals surface area contributed by atoms with E-state index in [9.17, 15) is 4.79 Å². The van der Waals surface area contributed by atoms with Crippen LogP contribution < -0.4 is 20.3 Å². The number of benzene rings is 2. The minimum atomic E-state index is -0.156. The summed E-state index contributed by atoms with van der Waals surface area (Å²) in [5.74, 6) is 1.65. The van der Waals surface area contributed by atoms with Gasteiger partial charge in [-0.15, -0.1) is 0 Å². The molecular weight excluding hydrogens is 416 g/mol. The zero-order valence-corrected chi connectivity index (χ0v) is 18.7. The standard InChI is InChI=1S/C26H30N4O3/c31-26(27-20-7-2-1-3-8-20)28-21-10-12-22(13-11-21)33-25-23-9-5-4-6-19(23)18-24(29-25)30-14-16-32-17-15-30/h1-9,18,21-22H,10-17H2,(H2,27,28,31). The molecule has 7 heteroatoms. The van der Waals surface area contributed by atoms with Crippen LogP contribution in [0.2, 0.25) is 0 Å². The molecule has 7 nitrogen and oxygen atoms in total. The number of amides is 2. The second-order valence-corrected chi connectivity index (χ2v) is 8.66. The van der Waals surface area contributed by atoms with Crippen LogP contribution in [0.25, 0.3) is 10.8 Å². The maximum Gasteiger partial charge on any atom is 0.319 e. The van der Waals surface area contributed by atoms with Crippen LogP contribution >= 0.6 is 0 Å². The van der Waals surface area contributed by atoms with E-state index in [0.717, 1.165) is 74.3 Å². The lowest BCUT2D eigenvalue weighted by Crippen LogP contribution is -2.41. The number of carbonyl (C=O) groups is 1. The van der Waals surface area contributed by atoms with E-state index in [1.54, 1.807) is 0 Å². The van der Waals surface area contributed by atoms with Gasteiger partial charge < -0.3 is 25.0 Å². The predicted octanol–water partition coefficient (Wildman–Crippen LogP) is 4.58. The molecule has 172 valence electrons. The molecule has 3 aromatic rings. The molecule has 0 unspecified atom stereocenters. The number of hydrogen-bond donors (Lipinski definition) is 2. The molecule has 0 radical (unpaired) electrons. The van der Waals surface area contributed by atoms with E-state index in [0.29, 0.717) is 5.88 Å². The fourth-order valence-electron chi connectivity index (χ4n) is 4.55. The van der Waals surface area contributed by atoms with Crippen LogP contribution in [0.3, 0.4) is 0 Å². The third-order valence-electron chi connectivity index (χ3n) is 6.35. The second kappa shape index (κ2) is 10.1. The van der Waals surface area contributed by atoms with Gasteiger partial charge in [0.15, 0.2) is 0 Å². The van der Waals surface area contributed by atoms with Crippen molar-refractivity contribution in [2.75, 3.05) is 36.5 Å². The Morgan fingerprint density at radius 2 is 1.70 bits per heavy atom. The Hall–Kier alpha value is -3.32. The maximum absolute atomic E-state index is 12.3. The van der Waals surface area contributed by atoms with Crippen molar-refractivity contribution >= 4 is 28.3 Å². The van der Waals surface area contributed by atoms with E-state index in [-0.39, 0.29) is 18.2 Å². The first-order valence-electron chi connectivity index (χ1n) is 11.8. The van der Waals surface area contributed by atoms with E-state index in [2.05, 4.69) is 33.7 Å². The number of nitrogens with one attached hydrogen (secondary N) is 2. The Morgan fingerprint density at radius 3 is 2.48 bits per heavy atom. The molecule has 2 N–H and O–H groups in total. The van der Waals surface area contributed by atoms with E-state index in [1.807, 2.05) is 42.5 Å². The summed E-state index contributed by atoms with van der Waals surface area (Å²) in [5.41, 5.74) is 0.796. The largest absolute Gasteiger partial charge is 0.474 e. The van der Waals surface area contributed by atoms with Crippen molar-refractivity contribution in [1.29, 1.82) is 0 Å². The molecule has 2 aliphatic rings. The van der Waals surface area contributed by atoms with Crippen molar-refractivity contribution in [2.24, 2.45) is 0 Å². The van der Waals surface area contributed by atoms with Crippen LogP contribution in [-0.4, -0.2) is 49.5 Å². The Labute approximate surface area is 194 Å². The normalized spacial score (nSPS) is 20.9. The zero-order chi connectivity index (χ0) is 22.5. The van der Waals surface area contributed by atoms with Crippen LogP contribution in [0.5, 0.6) is 5.88 Å². The van der Waals surface area contributed by atoms with E-state index in [1.165, 1.54) is 0 Å². The number of nitrogens with zero attached hydrogens (tertiary/aromatic N) is 2. The number of hydrogen-bond acceptors (Lipinski definition) is 5. The fraction of sp³-hybridized carbons (Fsp3) is 0.385. The smallest absolute Gasteiger partial charge is 0.319 e. The summed E-state index contributed by atoms with van der Waals surface area (Å²) >= 11 is 0. The summed E-state index contributed by atoms with van der Waals surface area (Å²) in [6.45, 7) is 3.12. The highest BCUT2D eigenvalue weighted by atomic mass is 16.5. The van der Waals surface area contributed by atoms with Crippen molar-refractivity contribution in [3.63, 3.8) is 0 Å². The lowest BCUT2D eigenvalue weighted by atomic mass is 9.93. The van der Waals surface area contributed by atoms with Gasteiger partial charge in [-0.3, -0.25) is 0 Å². The maximum atomic E-state index is 12.3.